The molecule has 8 heteroatoms. The fraction of sp³-hybridized carbons (Fsp3) is 0.571. The molecule has 0 aromatic heterocycles. The van der Waals surface area contributed by atoms with Crippen LogP contribution in [0.1, 0.15) is 71.3 Å². The molecule has 1 aromatic carbocycles. The number of nitrogens with one attached hydrogen (secondary N) is 1. The molecule has 0 spiro atoms. The molecule has 5 aliphatic rings. The fourth-order valence-electron chi connectivity index (χ4n) is 7.31. The van der Waals surface area contributed by atoms with Gasteiger partial charge in [-0.1, -0.05) is 13.0 Å². The normalized spacial score (nSPS) is 31.0. The second-order valence-corrected chi connectivity index (χ2v) is 10.9. The summed E-state index contributed by atoms with van der Waals surface area (Å²) in [6, 6.07) is 3.93. The summed E-state index contributed by atoms with van der Waals surface area (Å²) in [7, 11) is 0. The van der Waals surface area contributed by atoms with Gasteiger partial charge in [0.25, 0.3) is 11.8 Å². The Morgan fingerprint density at radius 2 is 1.72 bits per heavy atom. The van der Waals surface area contributed by atoms with E-state index in [9.17, 15) is 19.2 Å². The molecule has 6 rings (SSSR count). The number of rotatable bonds is 7. The van der Waals surface area contributed by atoms with E-state index in [1.165, 1.54) is 30.2 Å². The van der Waals surface area contributed by atoms with Crippen LogP contribution >= 0.6 is 0 Å². The highest BCUT2D eigenvalue weighted by Gasteiger charge is 2.56. The summed E-state index contributed by atoms with van der Waals surface area (Å²) in [6.07, 6.45) is 8.61. The predicted octanol–water partition coefficient (Wildman–Crippen LogP) is 4.47. The van der Waals surface area contributed by atoms with Gasteiger partial charge in [-0.2, -0.15) is 0 Å². The third-order valence-electron chi connectivity index (χ3n) is 8.58. The van der Waals surface area contributed by atoms with Gasteiger partial charge in [0.2, 0.25) is 0 Å². The van der Waals surface area contributed by atoms with Crippen LogP contribution in [0.2, 0.25) is 0 Å². The molecule has 36 heavy (non-hydrogen) atoms. The Morgan fingerprint density at radius 3 is 2.31 bits per heavy atom. The van der Waals surface area contributed by atoms with Crippen molar-refractivity contribution < 1.29 is 28.7 Å². The maximum atomic E-state index is 13.6. The summed E-state index contributed by atoms with van der Waals surface area (Å²) in [6.45, 7) is 5.83. The van der Waals surface area contributed by atoms with Crippen LogP contribution in [0.15, 0.2) is 23.8 Å². The summed E-state index contributed by atoms with van der Waals surface area (Å²) >= 11 is 0. The average Bonchev–Trinajstić information content (AvgIpc) is 2.82. The van der Waals surface area contributed by atoms with Crippen LogP contribution in [0, 0.1) is 23.2 Å². The SMILES string of the molecule is CCOc1cc(/C=C2\C(=O)NC(=O)N([C@H](C)C34CC5CC(CC(C5)C3)C4)C2=O)ccc1OC(=O)CC. The lowest BCUT2D eigenvalue weighted by atomic mass is 9.47. The van der Waals surface area contributed by atoms with Gasteiger partial charge in [-0.15, -0.1) is 0 Å². The Kier molecular flexibility index (Phi) is 6.39. The van der Waals surface area contributed by atoms with Crippen LogP contribution in [-0.2, 0) is 14.4 Å². The molecule has 1 atom stereocenters. The molecule has 0 radical (unpaired) electrons. The van der Waals surface area contributed by atoms with Gasteiger partial charge in [-0.25, -0.2) is 4.79 Å². The summed E-state index contributed by atoms with van der Waals surface area (Å²) in [5.74, 6) is 0.980. The van der Waals surface area contributed by atoms with E-state index < -0.39 is 23.8 Å². The summed E-state index contributed by atoms with van der Waals surface area (Å²) in [4.78, 5) is 52.4. The number of carbonyl (C=O) groups is 4. The third kappa shape index (κ3) is 4.31. The van der Waals surface area contributed by atoms with Crippen molar-refractivity contribution >= 4 is 29.9 Å². The van der Waals surface area contributed by atoms with Gasteiger partial charge in [-0.05, 0) is 99.3 Å². The Hall–Kier alpha value is -3.16. The summed E-state index contributed by atoms with van der Waals surface area (Å²) in [5, 5.41) is 2.39. The molecule has 1 N–H and O–H groups in total. The Balaban J connectivity index is 1.43. The van der Waals surface area contributed by atoms with Gasteiger partial charge in [0, 0.05) is 12.5 Å². The lowest BCUT2D eigenvalue weighted by molar-refractivity contribution is -0.139. The van der Waals surface area contributed by atoms with Gasteiger partial charge in [0.1, 0.15) is 5.57 Å². The van der Waals surface area contributed by atoms with E-state index in [-0.39, 0.29) is 29.2 Å². The molecule has 0 unspecified atom stereocenters. The fourth-order valence-corrected chi connectivity index (χ4v) is 7.31. The van der Waals surface area contributed by atoms with Crippen LogP contribution < -0.4 is 14.8 Å². The first-order chi connectivity index (χ1) is 17.2. The highest BCUT2D eigenvalue weighted by atomic mass is 16.6. The molecule has 4 saturated carbocycles. The Labute approximate surface area is 211 Å². The third-order valence-corrected chi connectivity index (χ3v) is 8.58. The van der Waals surface area contributed by atoms with Gasteiger partial charge in [0.05, 0.1) is 6.61 Å². The van der Waals surface area contributed by atoms with Gasteiger partial charge < -0.3 is 9.47 Å². The molecule has 1 heterocycles. The zero-order valence-electron chi connectivity index (χ0n) is 21.2. The van der Waals surface area contributed by atoms with E-state index in [0.717, 1.165) is 19.3 Å². The highest BCUT2D eigenvalue weighted by Crippen LogP contribution is 2.62. The molecule has 5 fully saturated rings. The number of barbiturate groups is 1. The van der Waals surface area contributed by atoms with Crippen molar-refractivity contribution in [3.63, 3.8) is 0 Å². The van der Waals surface area contributed by atoms with Crippen molar-refractivity contribution in [3.8, 4) is 11.5 Å². The monoisotopic (exact) mass is 494 g/mol. The molecule has 4 bridgehead atoms. The number of imide groups is 2. The zero-order chi connectivity index (χ0) is 25.6. The van der Waals surface area contributed by atoms with Crippen molar-refractivity contribution in [1.29, 1.82) is 0 Å². The summed E-state index contributed by atoms with van der Waals surface area (Å²) in [5.41, 5.74) is 0.372. The van der Waals surface area contributed by atoms with E-state index in [2.05, 4.69) is 5.32 Å². The predicted molar refractivity (Wildman–Crippen MR) is 132 cm³/mol. The van der Waals surface area contributed by atoms with Gasteiger partial charge in [0.15, 0.2) is 11.5 Å². The first-order valence-corrected chi connectivity index (χ1v) is 13.1. The van der Waals surface area contributed by atoms with E-state index in [4.69, 9.17) is 9.47 Å². The average molecular weight is 495 g/mol. The minimum atomic E-state index is -0.710. The molecule has 192 valence electrons. The smallest absolute Gasteiger partial charge is 0.331 e. The standard InChI is InChI=1S/C28H34N2O6/c1-4-24(31)36-22-7-6-17(12-23(22)35-5-2)11-21-25(32)29-27(34)30(26(21)33)16(3)28-13-18-8-19(14-28)10-20(9-18)15-28/h6-7,11-12,16,18-20H,4-5,8-10,13-15H2,1-3H3,(H,29,32,34)/b21-11+/t16-,18?,19?,20?,28?/m1/s1. The highest BCUT2D eigenvalue weighted by molar-refractivity contribution is 6.31. The molecular formula is C28H34N2O6. The number of esters is 1. The van der Waals surface area contributed by atoms with E-state index >= 15 is 0 Å². The lowest BCUT2D eigenvalue weighted by Crippen LogP contribution is -2.63. The largest absolute Gasteiger partial charge is 0.490 e. The molecule has 4 aliphatic carbocycles. The van der Waals surface area contributed by atoms with Crippen LogP contribution in [0.5, 0.6) is 11.5 Å². The number of nitrogens with zero attached hydrogens (tertiary/aromatic N) is 1. The second-order valence-electron chi connectivity index (χ2n) is 10.9. The number of benzene rings is 1. The van der Waals surface area contributed by atoms with Crippen LogP contribution in [0.3, 0.4) is 0 Å². The van der Waals surface area contributed by atoms with Crippen LogP contribution in [0.25, 0.3) is 6.08 Å². The molecule has 1 aromatic rings. The van der Waals surface area contributed by atoms with E-state index in [1.54, 1.807) is 25.1 Å². The molecule has 8 nitrogen and oxygen atoms in total. The number of urea groups is 1. The van der Waals surface area contributed by atoms with E-state index in [0.29, 0.717) is 35.7 Å². The Bertz CT molecular complexity index is 1100. The second kappa shape index (κ2) is 9.37. The first kappa shape index (κ1) is 24.5. The van der Waals surface area contributed by atoms with Crippen LogP contribution in [-0.4, -0.2) is 41.4 Å². The number of hydrogen-bond acceptors (Lipinski definition) is 6. The van der Waals surface area contributed by atoms with Gasteiger partial charge in [-0.3, -0.25) is 24.6 Å². The van der Waals surface area contributed by atoms with Crippen molar-refractivity contribution in [2.75, 3.05) is 6.61 Å². The maximum Gasteiger partial charge on any atom is 0.331 e. The van der Waals surface area contributed by atoms with Crippen LogP contribution in [0.4, 0.5) is 4.79 Å². The van der Waals surface area contributed by atoms with Crippen molar-refractivity contribution in [1.82, 2.24) is 10.2 Å². The molecule has 4 amide bonds. The number of carbonyl (C=O) groups excluding carboxylic acids is 4. The Morgan fingerprint density at radius 1 is 1.08 bits per heavy atom. The van der Waals surface area contributed by atoms with E-state index in [1.807, 2.05) is 13.8 Å². The van der Waals surface area contributed by atoms with Crippen molar-refractivity contribution in [2.24, 2.45) is 23.2 Å². The van der Waals surface area contributed by atoms with Crippen molar-refractivity contribution in [3.05, 3.63) is 29.3 Å². The molecule has 1 aliphatic heterocycles. The summed E-state index contributed by atoms with van der Waals surface area (Å²) < 4.78 is 11.0. The first-order valence-electron chi connectivity index (χ1n) is 13.1. The molecular weight excluding hydrogens is 460 g/mol. The zero-order valence-corrected chi connectivity index (χ0v) is 21.2. The number of amides is 4. The van der Waals surface area contributed by atoms with Gasteiger partial charge >= 0.3 is 12.0 Å². The minimum Gasteiger partial charge on any atom is -0.490 e. The number of hydrogen-bond donors (Lipinski definition) is 1. The quantitative estimate of drug-likeness (QED) is 0.260. The number of ether oxygens (including phenoxy) is 2. The molecule has 1 saturated heterocycles. The topological polar surface area (TPSA) is 102 Å². The van der Waals surface area contributed by atoms with Crippen molar-refractivity contribution in [2.45, 2.75) is 71.8 Å². The maximum absolute atomic E-state index is 13.6. The lowest BCUT2D eigenvalue weighted by Gasteiger charge is -2.60. The minimum absolute atomic E-state index is 0.0693.